The first-order chi connectivity index (χ1) is 21.6. The maximum atomic E-state index is 14.0. The Kier molecular flexibility index (Phi) is 11.6. The van der Waals surface area contributed by atoms with E-state index < -0.39 is 43.2 Å². The van der Waals surface area contributed by atoms with E-state index in [0.717, 1.165) is 22.3 Å². The second-order valence-corrected chi connectivity index (χ2v) is 12.6. The number of carbonyl (C=O) groups excluding carboxylic acids is 2. The summed E-state index contributed by atoms with van der Waals surface area (Å²) in [5.41, 5.74) is 1.81. The predicted molar refractivity (Wildman–Crippen MR) is 172 cm³/mol. The van der Waals surface area contributed by atoms with Gasteiger partial charge in [-0.05, 0) is 41.2 Å². The summed E-state index contributed by atoms with van der Waals surface area (Å²) >= 11 is 0. The molecule has 45 heavy (non-hydrogen) atoms. The molecular formula is C35H36N2O7P+. The number of carboxylic acid groups (broad SMARTS) is 1. The van der Waals surface area contributed by atoms with Crippen molar-refractivity contribution in [2.75, 3.05) is 6.16 Å². The summed E-state index contributed by atoms with van der Waals surface area (Å²) in [4.78, 5) is 37.7. The zero-order valence-corrected chi connectivity index (χ0v) is 25.7. The van der Waals surface area contributed by atoms with Crippen LogP contribution in [-0.4, -0.2) is 45.9 Å². The largest absolute Gasteiger partial charge is 0.480 e. The first-order valence-corrected chi connectivity index (χ1v) is 15.9. The molecule has 4 atom stereocenters. The van der Waals surface area contributed by atoms with Crippen LogP contribution in [0.25, 0.3) is 11.1 Å². The second kappa shape index (κ2) is 15.7. The lowest BCUT2D eigenvalue weighted by atomic mass is 9.97. The number of carbonyl (C=O) groups is 3. The van der Waals surface area contributed by atoms with E-state index in [2.05, 4.69) is 10.6 Å². The Morgan fingerprint density at radius 2 is 1.31 bits per heavy atom. The molecule has 2 amide bonds. The quantitative estimate of drug-likeness (QED) is 0.103. The van der Waals surface area contributed by atoms with Crippen LogP contribution in [0.15, 0.2) is 115 Å². The number of carboxylic acids is 1. The molecular weight excluding hydrogens is 591 g/mol. The molecule has 0 spiro atoms. The number of ether oxygens (including phenoxy) is 1. The third-order valence-electron chi connectivity index (χ3n) is 7.25. The van der Waals surface area contributed by atoms with Crippen LogP contribution < -0.4 is 10.6 Å². The zero-order valence-electron chi connectivity index (χ0n) is 24.8. The van der Waals surface area contributed by atoms with Gasteiger partial charge in [-0.1, -0.05) is 120 Å². The van der Waals surface area contributed by atoms with Gasteiger partial charge < -0.3 is 20.3 Å². The smallest absolute Gasteiger partial charge is 0.413 e. The van der Waals surface area contributed by atoms with Crippen molar-refractivity contribution in [2.24, 2.45) is 5.92 Å². The molecule has 3 unspecified atom stereocenters. The SMILES string of the molecule is C[C@H](NC(=O)C(Cc1ccc(-c2ccccc2)cc1)C[P+](=O)C(O)(Cc1ccccc1)NC(=O)OCc1ccccc1)C(=O)O. The molecule has 10 heteroatoms. The third kappa shape index (κ3) is 9.83. The van der Waals surface area contributed by atoms with E-state index in [-0.39, 0.29) is 25.6 Å². The Morgan fingerprint density at radius 1 is 0.778 bits per heavy atom. The summed E-state index contributed by atoms with van der Waals surface area (Å²) in [6.45, 7) is 1.27. The Hall–Kier alpha value is -4.85. The predicted octanol–water partition coefficient (Wildman–Crippen LogP) is 5.74. The fourth-order valence-corrected chi connectivity index (χ4v) is 6.30. The van der Waals surface area contributed by atoms with E-state index in [0.29, 0.717) is 5.56 Å². The average Bonchev–Trinajstić information content (AvgIpc) is 3.05. The summed E-state index contributed by atoms with van der Waals surface area (Å²) < 4.78 is 19.3. The first kappa shape index (κ1) is 33.1. The molecule has 232 valence electrons. The van der Waals surface area contributed by atoms with Gasteiger partial charge in [-0.15, -0.1) is 0 Å². The molecule has 0 saturated heterocycles. The van der Waals surface area contributed by atoms with Crippen LogP contribution in [-0.2, 0) is 38.3 Å². The number of aliphatic hydroxyl groups is 1. The number of alkyl carbamates (subject to hydrolysis) is 1. The van der Waals surface area contributed by atoms with E-state index in [4.69, 9.17) is 4.74 Å². The summed E-state index contributed by atoms with van der Waals surface area (Å²) in [6, 6.07) is 33.8. The van der Waals surface area contributed by atoms with Crippen molar-refractivity contribution in [1.82, 2.24) is 10.6 Å². The van der Waals surface area contributed by atoms with Crippen molar-refractivity contribution < 1.29 is 33.9 Å². The minimum Gasteiger partial charge on any atom is -0.480 e. The molecule has 0 aliphatic rings. The van der Waals surface area contributed by atoms with E-state index in [1.807, 2.05) is 60.7 Å². The molecule has 0 aliphatic carbocycles. The molecule has 0 saturated carbocycles. The van der Waals surface area contributed by atoms with Crippen molar-refractivity contribution in [3.05, 3.63) is 132 Å². The van der Waals surface area contributed by atoms with Gasteiger partial charge >= 0.3 is 25.3 Å². The topological polar surface area (TPSA) is 142 Å². The average molecular weight is 628 g/mol. The lowest BCUT2D eigenvalue weighted by molar-refractivity contribution is -0.141. The minimum absolute atomic E-state index is 0.0675. The van der Waals surface area contributed by atoms with Crippen molar-refractivity contribution in [3.8, 4) is 11.1 Å². The van der Waals surface area contributed by atoms with Gasteiger partial charge in [0.2, 0.25) is 5.91 Å². The van der Waals surface area contributed by atoms with Crippen molar-refractivity contribution in [1.29, 1.82) is 0 Å². The lowest BCUT2D eigenvalue weighted by Crippen LogP contribution is -2.49. The summed E-state index contributed by atoms with van der Waals surface area (Å²) in [7, 11) is -2.71. The molecule has 0 bridgehead atoms. The Labute approximate surface area is 263 Å². The lowest BCUT2D eigenvalue weighted by Gasteiger charge is -2.22. The molecule has 0 aliphatic heterocycles. The zero-order chi connectivity index (χ0) is 32.2. The van der Waals surface area contributed by atoms with Crippen LogP contribution in [0, 0.1) is 5.92 Å². The molecule has 9 nitrogen and oxygen atoms in total. The standard InChI is InChI=1S/C35H35N2O7P/c1-25(33(39)40)36-32(38)31(21-26-17-19-30(20-18-26)29-15-9-4-10-16-29)24-45(43)35(42,22-27-11-5-2-6-12-27)37-34(41)44-23-28-13-7-3-8-14-28/h2-20,25,31,42H,21-24H2,1H3,(H2-,36,37,38,39,40,41)/p+1/t25-,31?,35?/m0/s1. The van der Waals surface area contributed by atoms with Gasteiger partial charge in [0.05, 0.1) is 12.3 Å². The molecule has 4 N–H and O–H groups in total. The Balaban J connectivity index is 1.56. The van der Waals surface area contributed by atoms with Gasteiger partial charge in [0.25, 0.3) is 0 Å². The number of hydrogen-bond donors (Lipinski definition) is 4. The molecule has 4 rings (SSSR count). The van der Waals surface area contributed by atoms with Crippen LogP contribution in [0.1, 0.15) is 23.6 Å². The number of hydrogen-bond acceptors (Lipinski definition) is 6. The first-order valence-electron chi connectivity index (χ1n) is 14.5. The molecule has 0 aromatic heterocycles. The number of benzene rings is 4. The highest BCUT2D eigenvalue weighted by Crippen LogP contribution is 2.40. The molecule has 0 radical (unpaired) electrons. The fraction of sp³-hybridized carbons (Fsp3) is 0.229. The number of amides is 2. The van der Waals surface area contributed by atoms with Crippen molar-refractivity contribution in [3.63, 3.8) is 0 Å². The van der Waals surface area contributed by atoms with Crippen LogP contribution >= 0.6 is 7.80 Å². The van der Waals surface area contributed by atoms with Gasteiger partial charge in [0.15, 0.2) is 6.16 Å². The van der Waals surface area contributed by atoms with Crippen LogP contribution in [0.4, 0.5) is 4.79 Å². The fourth-order valence-electron chi connectivity index (χ4n) is 4.73. The number of rotatable bonds is 14. The third-order valence-corrected chi connectivity index (χ3v) is 9.12. The Morgan fingerprint density at radius 3 is 1.89 bits per heavy atom. The molecule has 4 aromatic carbocycles. The molecule has 0 heterocycles. The van der Waals surface area contributed by atoms with Crippen LogP contribution in [0.2, 0.25) is 0 Å². The highest BCUT2D eigenvalue weighted by Gasteiger charge is 2.51. The van der Waals surface area contributed by atoms with Crippen molar-refractivity contribution >= 4 is 25.8 Å². The summed E-state index contributed by atoms with van der Waals surface area (Å²) in [5.74, 6) is -2.83. The van der Waals surface area contributed by atoms with Crippen molar-refractivity contribution in [2.45, 2.75) is 37.9 Å². The maximum absolute atomic E-state index is 14.0. The van der Waals surface area contributed by atoms with E-state index in [9.17, 15) is 29.2 Å². The minimum atomic E-state index is -2.71. The van der Waals surface area contributed by atoms with E-state index >= 15 is 0 Å². The maximum Gasteiger partial charge on any atom is 0.413 e. The van der Waals surface area contributed by atoms with Gasteiger partial charge in [0.1, 0.15) is 12.6 Å². The van der Waals surface area contributed by atoms with Gasteiger partial charge in [-0.3, -0.25) is 14.9 Å². The van der Waals surface area contributed by atoms with Gasteiger partial charge in [-0.25, -0.2) is 4.79 Å². The van der Waals surface area contributed by atoms with E-state index in [1.165, 1.54) is 6.92 Å². The summed E-state index contributed by atoms with van der Waals surface area (Å²) in [6.07, 6.45) is -1.41. The highest BCUT2D eigenvalue weighted by molar-refractivity contribution is 7.46. The number of aliphatic carboxylic acids is 1. The highest BCUT2D eigenvalue weighted by atomic mass is 31.1. The van der Waals surface area contributed by atoms with Crippen LogP contribution in [0.5, 0.6) is 0 Å². The molecule has 0 fully saturated rings. The van der Waals surface area contributed by atoms with Gasteiger partial charge in [-0.2, -0.15) is 0 Å². The molecule has 4 aromatic rings. The Bertz CT molecular complexity index is 1590. The second-order valence-electron chi connectivity index (χ2n) is 10.8. The number of nitrogens with one attached hydrogen (secondary N) is 2. The monoisotopic (exact) mass is 627 g/mol. The van der Waals surface area contributed by atoms with Crippen LogP contribution in [0.3, 0.4) is 0 Å². The summed E-state index contributed by atoms with van der Waals surface area (Å²) in [5, 5.41) is 25.9. The van der Waals surface area contributed by atoms with E-state index in [1.54, 1.807) is 54.6 Å². The van der Waals surface area contributed by atoms with Gasteiger partial charge in [0, 0.05) is 0 Å². The normalized spacial score (nSPS) is 13.9.